The molecule has 0 saturated carbocycles. The Balaban J connectivity index is 1.43. The predicted molar refractivity (Wildman–Crippen MR) is 121 cm³/mol. The molecule has 1 aromatic heterocycles. The van der Waals surface area contributed by atoms with Crippen LogP contribution in [0, 0.1) is 0 Å². The van der Waals surface area contributed by atoms with Gasteiger partial charge in [0.25, 0.3) is 5.91 Å². The Morgan fingerprint density at radius 1 is 1.00 bits per heavy atom. The lowest BCUT2D eigenvalue weighted by atomic mass is 10.1. The summed E-state index contributed by atoms with van der Waals surface area (Å²) in [4.78, 5) is 15.9. The van der Waals surface area contributed by atoms with Crippen LogP contribution in [0.1, 0.15) is 21.5 Å². The van der Waals surface area contributed by atoms with Crippen molar-refractivity contribution in [1.82, 2.24) is 10.4 Å². The minimum atomic E-state index is -0.305. The summed E-state index contributed by atoms with van der Waals surface area (Å²) in [5.41, 5.74) is 4.85. The van der Waals surface area contributed by atoms with E-state index in [2.05, 4.69) is 39.8 Å². The van der Waals surface area contributed by atoms with E-state index >= 15 is 0 Å². The fraction of sp³-hybridized carbons (Fsp3) is 0.0800. The van der Waals surface area contributed by atoms with E-state index in [4.69, 9.17) is 9.47 Å². The summed E-state index contributed by atoms with van der Waals surface area (Å²) in [6.45, 7) is 0.424. The number of hydrazone groups is 1. The van der Waals surface area contributed by atoms with Crippen molar-refractivity contribution in [2.75, 3.05) is 7.11 Å². The largest absolute Gasteiger partial charge is 0.493 e. The van der Waals surface area contributed by atoms with Crippen LogP contribution in [0.25, 0.3) is 10.8 Å². The molecule has 31 heavy (non-hydrogen) atoms. The molecule has 0 spiro atoms. The third-order valence-corrected chi connectivity index (χ3v) is 4.77. The van der Waals surface area contributed by atoms with Gasteiger partial charge in [-0.3, -0.25) is 9.78 Å². The van der Waals surface area contributed by atoms with Gasteiger partial charge in [-0.25, -0.2) is 5.43 Å². The van der Waals surface area contributed by atoms with Gasteiger partial charge in [0.05, 0.1) is 13.3 Å². The fourth-order valence-electron chi connectivity index (χ4n) is 3.19. The van der Waals surface area contributed by atoms with E-state index in [1.807, 2.05) is 30.3 Å². The monoisotopic (exact) mass is 411 g/mol. The smallest absolute Gasteiger partial charge is 0.271 e. The summed E-state index contributed by atoms with van der Waals surface area (Å²) in [6.07, 6.45) is 4.66. The molecule has 0 fully saturated rings. The Morgan fingerprint density at radius 3 is 2.65 bits per heavy atom. The molecule has 6 heteroatoms. The molecule has 3 aromatic carbocycles. The minimum Gasteiger partial charge on any atom is -0.493 e. The summed E-state index contributed by atoms with van der Waals surface area (Å²) < 4.78 is 11.5. The second-order valence-electron chi connectivity index (χ2n) is 6.77. The molecule has 0 bridgehead atoms. The van der Waals surface area contributed by atoms with Gasteiger partial charge in [-0.05, 0) is 52.2 Å². The quantitative estimate of drug-likeness (QED) is 0.357. The first-order chi connectivity index (χ1) is 15.2. The average Bonchev–Trinajstić information content (AvgIpc) is 2.83. The number of carbonyl (C=O) groups is 1. The maximum absolute atomic E-state index is 12.0. The van der Waals surface area contributed by atoms with Crippen LogP contribution in [0.5, 0.6) is 11.5 Å². The SMILES string of the molecule is COc1cc(C=NNC(=O)c2ccncc2)ccc1OCc1cccc2ccccc12. The molecule has 154 valence electrons. The fourth-order valence-corrected chi connectivity index (χ4v) is 3.19. The lowest BCUT2D eigenvalue weighted by Gasteiger charge is -2.12. The maximum Gasteiger partial charge on any atom is 0.271 e. The zero-order valence-electron chi connectivity index (χ0n) is 17.0. The maximum atomic E-state index is 12.0. The molecule has 0 saturated heterocycles. The number of ether oxygens (including phenoxy) is 2. The molecule has 4 aromatic rings. The van der Waals surface area contributed by atoms with Crippen LogP contribution in [0.2, 0.25) is 0 Å². The Kier molecular flexibility index (Phi) is 6.18. The molecule has 0 atom stereocenters. The predicted octanol–water partition coefficient (Wildman–Crippen LogP) is 4.59. The molecule has 1 heterocycles. The van der Waals surface area contributed by atoms with Crippen LogP contribution in [-0.2, 0) is 6.61 Å². The normalized spacial score (nSPS) is 10.9. The molecular weight excluding hydrogens is 390 g/mol. The first-order valence-electron chi connectivity index (χ1n) is 9.75. The highest BCUT2D eigenvalue weighted by Crippen LogP contribution is 2.29. The summed E-state index contributed by atoms with van der Waals surface area (Å²) >= 11 is 0. The van der Waals surface area contributed by atoms with E-state index in [0.717, 1.165) is 16.5 Å². The van der Waals surface area contributed by atoms with Crippen molar-refractivity contribution in [3.8, 4) is 11.5 Å². The third-order valence-electron chi connectivity index (χ3n) is 4.77. The van der Waals surface area contributed by atoms with Gasteiger partial charge in [0.1, 0.15) is 6.61 Å². The van der Waals surface area contributed by atoms with Gasteiger partial charge in [0.15, 0.2) is 11.5 Å². The third kappa shape index (κ3) is 4.87. The van der Waals surface area contributed by atoms with Crippen molar-refractivity contribution in [2.24, 2.45) is 5.10 Å². The number of hydrogen-bond donors (Lipinski definition) is 1. The number of aromatic nitrogens is 1. The zero-order valence-corrected chi connectivity index (χ0v) is 17.0. The van der Waals surface area contributed by atoms with Gasteiger partial charge in [0, 0.05) is 18.0 Å². The van der Waals surface area contributed by atoms with Crippen molar-refractivity contribution in [3.05, 3.63) is 102 Å². The summed E-state index contributed by atoms with van der Waals surface area (Å²) in [5, 5.41) is 6.35. The van der Waals surface area contributed by atoms with Crippen LogP contribution in [0.3, 0.4) is 0 Å². The molecule has 0 radical (unpaired) electrons. The van der Waals surface area contributed by atoms with Gasteiger partial charge >= 0.3 is 0 Å². The second-order valence-corrected chi connectivity index (χ2v) is 6.77. The van der Waals surface area contributed by atoms with E-state index in [1.165, 1.54) is 5.39 Å². The number of benzene rings is 3. The molecule has 6 nitrogen and oxygen atoms in total. The average molecular weight is 411 g/mol. The van der Waals surface area contributed by atoms with Crippen LogP contribution >= 0.6 is 0 Å². The molecule has 0 aliphatic heterocycles. The van der Waals surface area contributed by atoms with Crippen LogP contribution in [0.4, 0.5) is 0 Å². The van der Waals surface area contributed by atoms with Crippen LogP contribution < -0.4 is 14.9 Å². The second kappa shape index (κ2) is 9.54. The van der Waals surface area contributed by atoms with Gasteiger partial charge in [-0.1, -0.05) is 42.5 Å². The number of carbonyl (C=O) groups excluding carboxylic acids is 1. The molecule has 1 N–H and O–H groups in total. The topological polar surface area (TPSA) is 72.8 Å². The number of fused-ring (bicyclic) bond motifs is 1. The van der Waals surface area contributed by atoms with E-state index in [1.54, 1.807) is 43.9 Å². The summed E-state index contributed by atoms with van der Waals surface area (Å²) in [5.74, 6) is 0.915. The zero-order chi connectivity index (χ0) is 21.5. The highest BCUT2D eigenvalue weighted by atomic mass is 16.5. The van der Waals surface area contributed by atoms with Crippen molar-refractivity contribution in [2.45, 2.75) is 6.61 Å². The van der Waals surface area contributed by atoms with Crippen molar-refractivity contribution < 1.29 is 14.3 Å². The molecule has 0 unspecified atom stereocenters. The minimum absolute atomic E-state index is 0.305. The van der Waals surface area contributed by atoms with Gasteiger partial charge in [0.2, 0.25) is 0 Å². The molecule has 1 amide bonds. The number of nitrogens with zero attached hydrogens (tertiary/aromatic N) is 2. The highest BCUT2D eigenvalue weighted by molar-refractivity contribution is 5.94. The number of rotatable bonds is 7. The van der Waals surface area contributed by atoms with Gasteiger partial charge in [-0.2, -0.15) is 5.10 Å². The van der Waals surface area contributed by atoms with E-state index in [-0.39, 0.29) is 5.91 Å². The summed E-state index contributed by atoms with van der Waals surface area (Å²) in [7, 11) is 1.59. The Labute approximate surface area is 180 Å². The number of amides is 1. The standard InChI is InChI=1S/C25H21N3O3/c1-30-24-15-18(16-27-28-25(29)20-11-13-26-14-12-20)9-10-23(24)31-17-21-7-4-6-19-5-2-3-8-22(19)21/h2-16H,17H2,1H3,(H,28,29). The number of pyridine rings is 1. The molecule has 4 rings (SSSR count). The first kappa shape index (κ1) is 20.1. The number of methoxy groups -OCH3 is 1. The van der Waals surface area contributed by atoms with E-state index < -0.39 is 0 Å². The van der Waals surface area contributed by atoms with Gasteiger partial charge < -0.3 is 9.47 Å². The van der Waals surface area contributed by atoms with Gasteiger partial charge in [-0.15, -0.1) is 0 Å². The lowest BCUT2D eigenvalue weighted by molar-refractivity contribution is 0.0955. The number of hydrogen-bond acceptors (Lipinski definition) is 5. The first-order valence-corrected chi connectivity index (χ1v) is 9.75. The Bertz CT molecular complexity index is 1220. The Hall–Kier alpha value is -4.19. The number of nitrogens with one attached hydrogen (secondary N) is 1. The lowest BCUT2D eigenvalue weighted by Crippen LogP contribution is -2.17. The Morgan fingerprint density at radius 2 is 1.81 bits per heavy atom. The van der Waals surface area contributed by atoms with Crippen molar-refractivity contribution in [3.63, 3.8) is 0 Å². The highest BCUT2D eigenvalue weighted by Gasteiger charge is 2.08. The molecular formula is C25H21N3O3. The summed E-state index contributed by atoms with van der Waals surface area (Å²) in [6, 6.07) is 23.1. The van der Waals surface area contributed by atoms with Crippen molar-refractivity contribution in [1.29, 1.82) is 0 Å². The van der Waals surface area contributed by atoms with Crippen LogP contribution in [0.15, 0.2) is 90.3 Å². The van der Waals surface area contributed by atoms with E-state index in [0.29, 0.717) is 23.7 Å². The molecule has 0 aliphatic carbocycles. The molecule has 0 aliphatic rings. The van der Waals surface area contributed by atoms with E-state index in [9.17, 15) is 4.79 Å². The van der Waals surface area contributed by atoms with Crippen molar-refractivity contribution >= 4 is 22.9 Å². The van der Waals surface area contributed by atoms with Crippen LogP contribution in [-0.4, -0.2) is 24.2 Å².